The molecule has 0 heterocycles. The van der Waals surface area contributed by atoms with Gasteiger partial charge in [-0.1, -0.05) is 38.1 Å². The third kappa shape index (κ3) is 5.03. The highest BCUT2D eigenvalue weighted by Crippen LogP contribution is 2.28. The first-order chi connectivity index (χ1) is 8.85. The van der Waals surface area contributed by atoms with E-state index in [9.17, 15) is 4.79 Å². The molecule has 1 unspecified atom stereocenters. The molecule has 0 aliphatic carbocycles. The molecule has 1 aromatic rings. The maximum absolute atomic E-state index is 10.9. The van der Waals surface area contributed by atoms with Gasteiger partial charge in [0.15, 0.2) is 0 Å². The van der Waals surface area contributed by atoms with E-state index in [0.29, 0.717) is 0 Å². The second kappa shape index (κ2) is 6.71. The zero-order chi connectivity index (χ0) is 14.5. The summed E-state index contributed by atoms with van der Waals surface area (Å²) in [5.41, 5.74) is 7.90. The molecule has 3 heteroatoms. The van der Waals surface area contributed by atoms with Crippen molar-refractivity contribution in [3.63, 3.8) is 0 Å². The molecule has 0 saturated carbocycles. The van der Waals surface area contributed by atoms with Crippen molar-refractivity contribution in [1.29, 1.82) is 0 Å². The maximum Gasteiger partial charge on any atom is 0.310 e. The molecule has 0 fully saturated rings. The van der Waals surface area contributed by atoms with E-state index in [0.717, 1.165) is 31.4 Å². The lowest BCUT2D eigenvalue weighted by molar-refractivity contribution is -0.138. The number of carboxylic acids is 1. The maximum atomic E-state index is 10.9. The van der Waals surface area contributed by atoms with E-state index in [1.54, 1.807) is 6.92 Å². The summed E-state index contributed by atoms with van der Waals surface area (Å²) in [5, 5.41) is 8.98. The van der Waals surface area contributed by atoms with Crippen molar-refractivity contribution in [2.75, 3.05) is 6.54 Å². The predicted molar refractivity (Wildman–Crippen MR) is 78.3 cm³/mol. The number of rotatable bonds is 7. The first-order valence-electron chi connectivity index (χ1n) is 6.87. The van der Waals surface area contributed by atoms with Gasteiger partial charge in [0.2, 0.25) is 0 Å². The van der Waals surface area contributed by atoms with Gasteiger partial charge in [0.05, 0.1) is 5.92 Å². The Kier molecular flexibility index (Phi) is 5.55. The first-order valence-corrected chi connectivity index (χ1v) is 6.87. The van der Waals surface area contributed by atoms with Crippen LogP contribution < -0.4 is 5.73 Å². The van der Waals surface area contributed by atoms with Crippen molar-refractivity contribution in [2.24, 2.45) is 11.1 Å². The van der Waals surface area contributed by atoms with Crippen molar-refractivity contribution < 1.29 is 9.90 Å². The summed E-state index contributed by atoms with van der Waals surface area (Å²) >= 11 is 0. The van der Waals surface area contributed by atoms with Crippen molar-refractivity contribution in [3.05, 3.63) is 35.4 Å². The molecule has 1 atom stereocenters. The highest BCUT2D eigenvalue weighted by Gasteiger charge is 2.18. The summed E-state index contributed by atoms with van der Waals surface area (Å²) in [4.78, 5) is 10.9. The number of carboxylic acid groups (broad SMARTS) is 1. The second-order valence-electron chi connectivity index (χ2n) is 6.03. The molecule has 3 N–H and O–H groups in total. The van der Waals surface area contributed by atoms with Crippen LogP contribution in [0.2, 0.25) is 0 Å². The van der Waals surface area contributed by atoms with Crippen LogP contribution in [0.15, 0.2) is 24.3 Å². The van der Waals surface area contributed by atoms with E-state index in [1.807, 2.05) is 24.3 Å². The van der Waals surface area contributed by atoms with Gasteiger partial charge in [-0.25, -0.2) is 0 Å². The number of aliphatic carboxylic acids is 1. The van der Waals surface area contributed by atoms with Gasteiger partial charge in [0, 0.05) is 0 Å². The standard InChI is InChI=1S/C16H25NO2/c1-12(15(18)19)14-7-5-13(6-8-14)11-16(2,3)9-4-10-17/h5-8,12H,4,9-11,17H2,1-3H3,(H,18,19). The minimum absolute atomic E-state index is 0.235. The zero-order valence-electron chi connectivity index (χ0n) is 12.1. The molecule has 0 saturated heterocycles. The lowest BCUT2D eigenvalue weighted by atomic mass is 9.81. The second-order valence-corrected chi connectivity index (χ2v) is 6.03. The van der Waals surface area contributed by atoms with Crippen molar-refractivity contribution in [1.82, 2.24) is 0 Å². The molecule has 1 rings (SSSR count). The average molecular weight is 263 g/mol. The summed E-state index contributed by atoms with van der Waals surface area (Å²) in [6.45, 7) is 6.94. The van der Waals surface area contributed by atoms with E-state index >= 15 is 0 Å². The highest BCUT2D eigenvalue weighted by atomic mass is 16.4. The van der Waals surface area contributed by atoms with E-state index in [2.05, 4.69) is 13.8 Å². The number of hydrogen-bond acceptors (Lipinski definition) is 2. The first kappa shape index (κ1) is 15.7. The van der Waals surface area contributed by atoms with Crippen LogP contribution in [0.4, 0.5) is 0 Å². The third-order valence-corrected chi connectivity index (χ3v) is 3.59. The largest absolute Gasteiger partial charge is 0.481 e. The Morgan fingerprint density at radius 2 is 1.89 bits per heavy atom. The fourth-order valence-electron chi connectivity index (χ4n) is 2.29. The van der Waals surface area contributed by atoms with Crippen molar-refractivity contribution in [3.8, 4) is 0 Å². The fourth-order valence-corrected chi connectivity index (χ4v) is 2.29. The van der Waals surface area contributed by atoms with Gasteiger partial charge in [-0.15, -0.1) is 0 Å². The quantitative estimate of drug-likeness (QED) is 0.794. The Labute approximate surface area is 115 Å². The summed E-state index contributed by atoms with van der Waals surface area (Å²) in [6.07, 6.45) is 3.15. The smallest absolute Gasteiger partial charge is 0.310 e. The van der Waals surface area contributed by atoms with Crippen LogP contribution in [0.1, 0.15) is 50.7 Å². The Hall–Kier alpha value is -1.35. The van der Waals surface area contributed by atoms with Gasteiger partial charge in [-0.05, 0) is 49.3 Å². The number of hydrogen-bond donors (Lipinski definition) is 2. The Morgan fingerprint density at radius 1 is 1.32 bits per heavy atom. The lowest BCUT2D eigenvalue weighted by Gasteiger charge is -2.24. The molecule has 0 radical (unpaired) electrons. The van der Waals surface area contributed by atoms with E-state index in [4.69, 9.17) is 10.8 Å². The molecular formula is C16H25NO2. The van der Waals surface area contributed by atoms with Gasteiger partial charge in [0.1, 0.15) is 0 Å². The van der Waals surface area contributed by atoms with Crippen molar-refractivity contribution >= 4 is 5.97 Å². The summed E-state index contributed by atoms with van der Waals surface area (Å²) in [6, 6.07) is 7.93. The summed E-state index contributed by atoms with van der Waals surface area (Å²) in [7, 11) is 0. The van der Waals surface area contributed by atoms with Crippen molar-refractivity contribution in [2.45, 2.75) is 46.0 Å². The highest BCUT2D eigenvalue weighted by molar-refractivity contribution is 5.75. The zero-order valence-corrected chi connectivity index (χ0v) is 12.1. The molecule has 19 heavy (non-hydrogen) atoms. The van der Waals surface area contributed by atoms with E-state index < -0.39 is 11.9 Å². The molecule has 0 amide bonds. The van der Waals surface area contributed by atoms with Crippen LogP contribution in [0, 0.1) is 5.41 Å². The Morgan fingerprint density at radius 3 is 2.37 bits per heavy atom. The number of benzene rings is 1. The molecule has 0 aromatic heterocycles. The van der Waals surface area contributed by atoms with Gasteiger partial charge >= 0.3 is 5.97 Å². The molecule has 106 valence electrons. The van der Waals surface area contributed by atoms with Gasteiger partial charge in [-0.2, -0.15) is 0 Å². The van der Waals surface area contributed by atoms with Crippen LogP contribution in [-0.4, -0.2) is 17.6 Å². The van der Waals surface area contributed by atoms with Crippen LogP contribution in [0.3, 0.4) is 0 Å². The van der Waals surface area contributed by atoms with E-state index in [-0.39, 0.29) is 5.41 Å². The summed E-state index contributed by atoms with van der Waals surface area (Å²) < 4.78 is 0. The molecule has 0 aliphatic rings. The molecule has 0 bridgehead atoms. The fraction of sp³-hybridized carbons (Fsp3) is 0.562. The lowest BCUT2D eigenvalue weighted by Crippen LogP contribution is -2.17. The third-order valence-electron chi connectivity index (χ3n) is 3.59. The minimum Gasteiger partial charge on any atom is -0.481 e. The summed E-state index contributed by atoms with van der Waals surface area (Å²) in [5.74, 6) is -1.23. The van der Waals surface area contributed by atoms with Gasteiger partial charge in [0.25, 0.3) is 0 Å². The predicted octanol–water partition coefficient (Wildman–Crippen LogP) is 3.18. The van der Waals surface area contributed by atoms with Crippen LogP contribution in [0.25, 0.3) is 0 Å². The molecule has 1 aromatic carbocycles. The van der Waals surface area contributed by atoms with Crippen LogP contribution in [-0.2, 0) is 11.2 Å². The minimum atomic E-state index is -0.781. The SMILES string of the molecule is CC(C(=O)O)c1ccc(CC(C)(C)CCCN)cc1. The Bertz CT molecular complexity index is 409. The van der Waals surface area contributed by atoms with Gasteiger partial charge in [-0.3, -0.25) is 4.79 Å². The van der Waals surface area contributed by atoms with Gasteiger partial charge < -0.3 is 10.8 Å². The monoisotopic (exact) mass is 263 g/mol. The topological polar surface area (TPSA) is 63.3 Å². The van der Waals surface area contributed by atoms with E-state index in [1.165, 1.54) is 5.56 Å². The van der Waals surface area contributed by atoms with Crippen LogP contribution in [0.5, 0.6) is 0 Å². The molecule has 3 nitrogen and oxygen atoms in total. The number of carbonyl (C=O) groups is 1. The van der Waals surface area contributed by atoms with Crippen LogP contribution >= 0.6 is 0 Å². The Balaban J connectivity index is 2.69. The molecular weight excluding hydrogens is 238 g/mol. The molecule has 0 aliphatic heterocycles. The number of nitrogens with two attached hydrogens (primary N) is 1. The molecule has 0 spiro atoms. The average Bonchev–Trinajstić information content (AvgIpc) is 2.36. The normalized spacial score (nSPS) is 13.3.